The highest BCUT2D eigenvalue weighted by atomic mass is 16.5. The Hall–Kier alpha value is -3.23. The molecule has 2 aromatic carbocycles. The normalized spacial score (nSPS) is 14.1. The number of unbranched alkanes of at least 4 members (excludes halogenated alkanes) is 1. The Kier molecular flexibility index (Phi) is 8.86. The summed E-state index contributed by atoms with van der Waals surface area (Å²) in [6.07, 6.45) is 3.12. The van der Waals surface area contributed by atoms with Gasteiger partial charge < -0.3 is 28.1 Å². The molecule has 8 heteroatoms. The van der Waals surface area contributed by atoms with Gasteiger partial charge in [-0.2, -0.15) is 0 Å². The molecule has 1 fully saturated rings. The van der Waals surface area contributed by atoms with Crippen LogP contribution >= 0.6 is 0 Å². The molecule has 3 aromatic rings. The lowest BCUT2D eigenvalue weighted by atomic mass is 10.0. The molecule has 0 spiro atoms. The summed E-state index contributed by atoms with van der Waals surface area (Å²) in [5, 5.41) is 0.683. The van der Waals surface area contributed by atoms with Gasteiger partial charge >= 0.3 is 0 Å². The van der Waals surface area contributed by atoms with Crippen molar-refractivity contribution in [1.82, 2.24) is 4.90 Å². The van der Waals surface area contributed by atoms with Crippen LogP contribution in [-0.2, 0) is 4.74 Å². The lowest BCUT2D eigenvalue weighted by Gasteiger charge is -2.26. The number of methoxy groups -OCH3 is 1. The van der Waals surface area contributed by atoms with Crippen LogP contribution in [0.2, 0.25) is 0 Å². The number of carbonyl (C=O) groups excluding carboxylic acids is 1. The molecule has 0 bridgehead atoms. The molecule has 0 N–H and O–H groups in total. The third-order valence-corrected chi connectivity index (χ3v) is 5.89. The lowest BCUT2D eigenvalue weighted by Crippen LogP contribution is -2.38. The Morgan fingerprint density at radius 3 is 2.34 bits per heavy atom. The molecule has 1 aromatic heterocycles. The van der Waals surface area contributed by atoms with Gasteiger partial charge in [0, 0.05) is 19.6 Å². The van der Waals surface area contributed by atoms with Crippen molar-refractivity contribution in [3.8, 4) is 23.0 Å². The Labute approximate surface area is 205 Å². The van der Waals surface area contributed by atoms with Crippen LogP contribution in [0.4, 0.5) is 0 Å². The van der Waals surface area contributed by atoms with E-state index in [1.165, 1.54) is 14.0 Å². The number of hydrogen-bond acceptors (Lipinski definition) is 8. The SMILES string of the molecule is COc1c(C(C)=O)c(OCCCCOc2ccccc2)c(OCCN2CCOCC2)c2occc12. The maximum Gasteiger partial charge on any atom is 0.205 e. The van der Waals surface area contributed by atoms with E-state index in [-0.39, 0.29) is 5.78 Å². The number of benzene rings is 2. The summed E-state index contributed by atoms with van der Waals surface area (Å²) in [4.78, 5) is 15.0. The fourth-order valence-corrected chi connectivity index (χ4v) is 4.11. The summed E-state index contributed by atoms with van der Waals surface area (Å²) >= 11 is 0. The van der Waals surface area contributed by atoms with Crippen molar-refractivity contribution in [2.75, 3.05) is 59.8 Å². The lowest BCUT2D eigenvalue weighted by molar-refractivity contribution is 0.0321. The average Bonchev–Trinajstić information content (AvgIpc) is 3.37. The number of carbonyl (C=O) groups is 1. The van der Waals surface area contributed by atoms with Crippen LogP contribution in [0.3, 0.4) is 0 Å². The van der Waals surface area contributed by atoms with Crippen molar-refractivity contribution in [2.24, 2.45) is 0 Å². The third kappa shape index (κ3) is 6.26. The number of hydrogen-bond donors (Lipinski definition) is 0. The molecule has 4 rings (SSSR count). The van der Waals surface area contributed by atoms with Crippen LogP contribution in [0.1, 0.15) is 30.1 Å². The first kappa shape index (κ1) is 24.9. The molecule has 0 atom stereocenters. The monoisotopic (exact) mass is 483 g/mol. The molecule has 0 radical (unpaired) electrons. The van der Waals surface area contributed by atoms with Crippen molar-refractivity contribution < 1.29 is 32.9 Å². The van der Waals surface area contributed by atoms with Gasteiger partial charge in [-0.25, -0.2) is 0 Å². The van der Waals surface area contributed by atoms with Crippen molar-refractivity contribution in [1.29, 1.82) is 0 Å². The molecule has 0 saturated carbocycles. The molecule has 1 aliphatic rings. The molecule has 1 aliphatic heterocycles. The van der Waals surface area contributed by atoms with Gasteiger partial charge in [-0.05, 0) is 38.0 Å². The fourth-order valence-electron chi connectivity index (χ4n) is 4.11. The van der Waals surface area contributed by atoms with E-state index >= 15 is 0 Å². The van der Waals surface area contributed by atoms with E-state index in [4.69, 9.17) is 28.1 Å². The molecule has 2 heterocycles. The largest absolute Gasteiger partial charge is 0.495 e. The number of morpholine rings is 1. The highest BCUT2D eigenvalue weighted by molar-refractivity contribution is 6.08. The van der Waals surface area contributed by atoms with E-state index in [1.54, 1.807) is 12.3 Å². The Morgan fingerprint density at radius 1 is 0.914 bits per heavy atom. The topological polar surface area (TPSA) is 79.6 Å². The molecule has 1 saturated heterocycles. The van der Waals surface area contributed by atoms with Gasteiger partial charge in [0.15, 0.2) is 17.1 Å². The summed E-state index contributed by atoms with van der Waals surface area (Å²) in [5.41, 5.74) is 0.875. The van der Waals surface area contributed by atoms with Crippen molar-refractivity contribution >= 4 is 16.8 Å². The van der Waals surface area contributed by atoms with Gasteiger partial charge in [0.2, 0.25) is 5.75 Å². The number of furan rings is 1. The van der Waals surface area contributed by atoms with Crippen LogP contribution in [0.15, 0.2) is 47.1 Å². The van der Waals surface area contributed by atoms with E-state index in [0.717, 1.165) is 51.4 Å². The van der Waals surface area contributed by atoms with Crippen molar-refractivity contribution in [2.45, 2.75) is 19.8 Å². The predicted molar refractivity (Wildman–Crippen MR) is 132 cm³/mol. The summed E-state index contributed by atoms with van der Waals surface area (Å²) in [7, 11) is 1.54. The highest BCUT2D eigenvalue weighted by Gasteiger charge is 2.27. The number of nitrogens with zero attached hydrogens (tertiary/aromatic N) is 1. The number of rotatable bonds is 13. The second-order valence-corrected chi connectivity index (χ2v) is 8.31. The van der Waals surface area contributed by atoms with Crippen molar-refractivity contribution in [3.05, 3.63) is 48.2 Å². The highest BCUT2D eigenvalue weighted by Crippen LogP contribution is 2.46. The first-order valence-corrected chi connectivity index (χ1v) is 12.0. The zero-order valence-corrected chi connectivity index (χ0v) is 20.4. The van der Waals surface area contributed by atoms with Gasteiger partial charge in [-0.15, -0.1) is 0 Å². The van der Waals surface area contributed by atoms with Crippen LogP contribution in [0, 0.1) is 0 Å². The first-order valence-electron chi connectivity index (χ1n) is 12.0. The van der Waals surface area contributed by atoms with E-state index in [2.05, 4.69) is 4.90 Å². The zero-order valence-electron chi connectivity index (χ0n) is 20.4. The smallest absolute Gasteiger partial charge is 0.205 e. The van der Waals surface area contributed by atoms with Crippen LogP contribution in [-0.4, -0.2) is 70.5 Å². The summed E-state index contributed by atoms with van der Waals surface area (Å²) < 4.78 is 34.9. The molecule has 0 aliphatic carbocycles. The van der Waals surface area contributed by atoms with E-state index in [9.17, 15) is 4.79 Å². The van der Waals surface area contributed by atoms with Gasteiger partial charge in [-0.1, -0.05) is 18.2 Å². The number of Topliss-reactive ketones (excluding diaryl/α,β-unsaturated/α-hetero) is 1. The summed E-state index contributed by atoms with van der Waals surface area (Å²) in [6.45, 7) is 6.84. The predicted octanol–water partition coefficient (Wildman–Crippen LogP) is 4.59. The fraction of sp³-hybridized carbons (Fsp3) is 0.444. The van der Waals surface area contributed by atoms with E-state index in [1.807, 2.05) is 30.3 Å². The third-order valence-electron chi connectivity index (χ3n) is 5.89. The minimum atomic E-state index is -0.162. The molecule has 0 unspecified atom stereocenters. The van der Waals surface area contributed by atoms with Crippen molar-refractivity contribution in [3.63, 3.8) is 0 Å². The van der Waals surface area contributed by atoms with Gasteiger partial charge in [0.25, 0.3) is 0 Å². The number of ether oxygens (including phenoxy) is 5. The molecular weight excluding hydrogens is 450 g/mol. The molecule has 188 valence electrons. The minimum absolute atomic E-state index is 0.162. The average molecular weight is 484 g/mol. The summed E-state index contributed by atoms with van der Waals surface area (Å²) in [6, 6.07) is 11.5. The standard InChI is InChI=1S/C27H33NO7/c1-20(29)23-24(30-2)22-10-16-34-25(22)27(35-19-13-28-11-17-31-18-12-28)26(23)33-15-7-6-14-32-21-8-4-3-5-9-21/h3-5,8-10,16H,6-7,11-15,17-19H2,1-2H3. The van der Waals surface area contributed by atoms with Crippen LogP contribution < -0.4 is 18.9 Å². The van der Waals surface area contributed by atoms with Gasteiger partial charge in [0.05, 0.1) is 45.2 Å². The first-order chi connectivity index (χ1) is 17.2. The van der Waals surface area contributed by atoms with Crippen LogP contribution in [0.25, 0.3) is 11.0 Å². The Morgan fingerprint density at radius 2 is 1.63 bits per heavy atom. The maximum atomic E-state index is 12.7. The summed E-state index contributed by atoms with van der Waals surface area (Å²) in [5.74, 6) is 1.92. The second kappa shape index (κ2) is 12.5. The maximum absolute atomic E-state index is 12.7. The second-order valence-electron chi connectivity index (χ2n) is 8.31. The Bertz CT molecular complexity index is 1090. The van der Waals surface area contributed by atoms with E-state index in [0.29, 0.717) is 53.6 Å². The zero-order chi connectivity index (χ0) is 24.5. The number of para-hydroxylation sites is 1. The van der Waals surface area contributed by atoms with Gasteiger partial charge in [-0.3, -0.25) is 9.69 Å². The quantitative estimate of drug-likeness (QED) is 0.258. The molecule has 0 amide bonds. The van der Waals surface area contributed by atoms with Gasteiger partial charge in [0.1, 0.15) is 23.7 Å². The molecule has 35 heavy (non-hydrogen) atoms. The Balaban J connectivity index is 1.47. The minimum Gasteiger partial charge on any atom is -0.495 e. The molecule has 8 nitrogen and oxygen atoms in total. The number of ketones is 1. The molecular formula is C27H33NO7. The number of fused-ring (bicyclic) bond motifs is 1. The van der Waals surface area contributed by atoms with Crippen LogP contribution in [0.5, 0.6) is 23.0 Å². The van der Waals surface area contributed by atoms with E-state index < -0.39 is 0 Å².